The second kappa shape index (κ2) is 10.2. The molecule has 1 atom stereocenters. The summed E-state index contributed by atoms with van der Waals surface area (Å²) in [5, 5.41) is 23.7. The summed E-state index contributed by atoms with van der Waals surface area (Å²) in [7, 11) is 0. The maximum absolute atomic E-state index is 12.9. The minimum atomic E-state index is -0.550. The molecule has 0 radical (unpaired) electrons. The van der Waals surface area contributed by atoms with Gasteiger partial charge in [-0.25, -0.2) is 4.98 Å². The number of nitrogens with one attached hydrogen (secondary N) is 1. The third-order valence-electron chi connectivity index (χ3n) is 5.30. The first kappa shape index (κ1) is 23.1. The molecule has 0 bridgehead atoms. The van der Waals surface area contributed by atoms with Gasteiger partial charge in [-0.05, 0) is 58.5 Å². The molecule has 162 valence electrons. The molecular weight excluding hydrogens is 472 g/mol. The van der Waals surface area contributed by atoms with Crippen molar-refractivity contribution >= 4 is 33.3 Å². The maximum atomic E-state index is 12.9. The van der Waals surface area contributed by atoms with Crippen molar-refractivity contribution in [3.63, 3.8) is 0 Å². The second-order valence-corrected chi connectivity index (χ2v) is 8.20. The van der Waals surface area contributed by atoms with Crippen LogP contribution < -0.4 is 5.32 Å². The summed E-state index contributed by atoms with van der Waals surface area (Å²) in [6.45, 7) is 3.47. The molecule has 7 nitrogen and oxygen atoms in total. The number of halogens is 1. The Hall–Kier alpha value is -3.57. The molecule has 0 saturated heterocycles. The van der Waals surface area contributed by atoms with Gasteiger partial charge in [-0.2, -0.15) is 5.26 Å². The molecule has 2 aromatic carbocycles. The Kier molecular flexibility index (Phi) is 7.33. The maximum Gasteiger partial charge on any atom is 0.315 e. The zero-order valence-electron chi connectivity index (χ0n) is 17.6. The number of hydrogen-bond acceptors (Lipinski definition) is 5. The van der Waals surface area contributed by atoms with E-state index in [1.807, 2.05) is 49.4 Å². The van der Waals surface area contributed by atoms with E-state index < -0.39 is 10.8 Å². The Morgan fingerprint density at radius 3 is 2.62 bits per heavy atom. The van der Waals surface area contributed by atoms with Gasteiger partial charge in [0.25, 0.3) is 0 Å². The average molecular weight is 493 g/mol. The van der Waals surface area contributed by atoms with Crippen LogP contribution in [0.1, 0.15) is 30.0 Å². The predicted octanol–water partition coefficient (Wildman–Crippen LogP) is 5.81. The van der Waals surface area contributed by atoms with Crippen LogP contribution in [0.5, 0.6) is 0 Å². The Bertz CT molecular complexity index is 1210. The number of benzene rings is 2. The Morgan fingerprint density at radius 1 is 1.28 bits per heavy atom. The highest BCUT2D eigenvalue weighted by Gasteiger charge is 2.25. The van der Waals surface area contributed by atoms with Gasteiger partial charge in [-0.3, -0.25) is 14.9 Å². The molecule has 1 unspecified atom stereocenters. The molecular formula is C24H21BrN4O3. The number of pyridine rings is 1. The molecule has 8 heteroatoms. The Labute approximate surface area is 194 Å². The largest absolute Gasteiger partial charge is 0.315 e. The summed E-state index contributed by atoms with van der Waals surface area (Å²) in [5.41, 5.74) is 3.32. The van der Waals surface area contributed by atoms with Gasteiger partial charge >= 0.3 is 5.69 Å². The monoisotopic (exact) mass is 492 g/mol. The Balaban J connectivity index is 1.83. The highest BCUT2D eigenvalue weighted by Crippen LogP contribution is 2.32. The quantitative estimate of drug-likeness (QED) is 0.330. The normalized spacial score (nSPS) is 11.4. The first-order valence-corrected chi connectivity index (χ1v) is 10.8. The summed E-state index contributed by atoms with van der Waals surface area (Å²) < 4.78 is 0.497. The first-order chi connectivity index (χ1) is 15.3. The van der Waals surface area contributed by atoms with Crippen LogP contribution in [0.25, 0.3) is 11.1 Å². The fourth-order valence-electron chi connectivity index (χ4n) is 3.49. The van der Waals surface area contributed by atoms with Crippen LogP contribution >= 0.6 is 15.9 Å². The zero-order chi connectivity index (χ0) is 23.3. The molecule has 1 N–H and O–H groups in total. The van der Waals surface area contributed by atoms with Crippen molar-refractivity contribution in [2.45, 2.75) is 26.7 Å². The lowest BCUT2D eigenvalue weighted by molar-refractivity contribution is -0.384. The van der Waals surface area contributed by atoms with E-state index in [2.05, 4.69) is 32.3 Å². The molecule has 1 aromatic heterocycles. The lowest BCUT2D eigenvalue weighted by Crippen LogP contribution is -2.25. The molecule has 0 fully saturated rings. The van der Waals surface area contributed by atoms with Crippen molar-refractivity contribution in [3.8, 4) is 17.2 Å². The molecule has 0 aliphatic rings. The van der Waals surface area contributed by atoms with E-state index in [1.54, 1.807) is 13.0 Å². The summed E-state index contributed by atoms with van der Waals surface area (Å²) in [6, 6.07) is 17.5. The van der Waals surface area contributed by atoms with Crippen molar-refractivity contribution in [1.82, 2.24) is 4.98 Å². The molecule has 3 rings (SSSR count). The number of rotatable bonds is 7. The number of amides is 1. The fraction of sp³-hybridized carbons (Fsp3) is 0.208. The smallest absolute Gasteiger partial charge is 0.305 e. The van der Waals surface area contributed by atoms with Crippen LogP contribution in [-0.2, 0) is 11.2 Å². The average Bonchev–Trinajstić information content (AvgIpc) is 2.80. The molecule has 1 heterocycles. The molecule has 0 aliphatic heterocycles. The van der Waals surface area contributed by atoms with E-state index in [4.69, 9.17) is 0 Å². The number of nitrogens with zero attached hydrogens (tertiary/aromatic N) is 3. The third-order valence-corrected chi connectivity index (χ3v) is 6.10. The van der Waals surface area contributed by atoms with Crippen LogP contribution in [0.2, 0.25) is 0 Å². The summed E-state index contributed by atoms with van der Waals surface area (Å²) in [5.74, 6) is -0.860. The van der Waals surface area contributed by atoms with Crippen molar-refractivity contribution in [3.05, 3.63) is 86.0 Å². The summed E-state index contributed by atoms with van der Waals surface area (Å²) in [4.78, 5) is 27.9. The second-order valence-electron chi connectivity index (χ2n) is 7.34. The van der Waals surface area contributed by atoms with Crippen LogP contribution in [0, 0.1) is 34.3 Å². The van der Waals surface area contributed by atoms with E-state index in [0.29, 0.717) is 28.4 Å². The minimum absolute atomic E-state index is 0.0729. The Morgan fingerprint density at radius 2 is 2.00 bits per heavy atom. The number of nitriles is 1. The van der Waals surface area contributed by atoms with Crippen molar-refractivity contribution in [2.75, 3.05) is 5.32 Å². The van der Waals surface area contributed by atoms with Crippen LogP contribution in [-0.4, -0.2) is 15.8 Å². The van der Waals surface area contributed by atoms with Gasteiger partial charge in [0.15, 0.2) is 0 Å². The van der Waals surface area contributed by atoms with Gasteiger partial charge in [0.1, 0.15) is 0 Å². The van der Waals surface area contributed by atoms with E-state index >= 15 is 0 Å². The molecule has 0 saturated carbocycles. The van der Waals surface area contributed by atoms with E-state index in [1.165, 1.54) is 6.20 Å². The van der Waals surface area contributed by atoms with E-state index in [-0.39, 0.29) is 17.4 Å². The third kappa shape index (κ3) is 5.01. The van der Waals surface area contributed by atoms with Gasteiger partial charge < -0.3 is 5.32 Å². The van der Waals surface area contributed by atoms with Crippen LogP contribution in [0.3, 0.4) is 0 Å². The number of anilines is 1. The molecule has 32 heavy (non-hydrogen) atoms. The molecule has 1 amide bonds. The molecule has 0 spiro atoms. The number of carbonyl (C=O) groups is 1. The lowest BCUT2D eigenvalue weighted by atomic mass is 9.92. The van der Waals surface area contributed by atoms with Gasteiger partial charge in [-0.15, -0.1) is 0 Å². The van der Waals surface area contributed by atoms with E-state index in [0.717, 1.165) is 16.7 Å². The van der Waals surface area contributed by atoms with E-state index in [9.17, 15) is 20.2 Å². The highest BCUT2D eigenvalue weighted by molar-refractivity contribution is 9.10. The van der Waals surface area contributed by atoms with Gasteiger partial charge in [0, 0.05) is 22.2 Å². The first-order valence-electron chi connectivity index (χ1n) is 10.0. The molecule has 0 aliphatic carbocycles. The van der Waals surface area contributed by atoms with Crippen molar-refractivity contribution < 1.29 is 9.72 Å². The fourth-order valence-corrected chi connectivity index (χ4v) is 3.78. The zero-order valence-corrected chi connectivity index (χ0v) is 19.2. The SMILES string of the molecule is CCC(Cc1ccc(-c2ccccc2)c(C#N)c1)C(=O)Nc1ncc(Br)c(C)c1[N+](=O)[O-]. The topological polar surface area (TPSA) is 109 Å². The van der Waals surface area contributed by atoms with Crippen molar-refractivity contribution in [1.29, 1.82) is 5.26 Å². The number of hydrogen-bond donors (Lipinski definition) is 1. The van der Waals surface area contributed by atoms with Crippen LogP contribution in [0.15, 0.2) is 59.2 Å². The number of nitro groups is 1. The molecule has 3 aromatic rings. The van der Waals surface area contributed by atoms with Gasteiger partial charge in [0.2, 0.25) is 11.7 Å². The van der Waals surface area contributed by atoms with Crippen molar-refractivity contribution in [2.24, 2.45) is 5.92 Å². The summed E-state index contributed by atoms with van der Waals surface area (Å²) in [6.07, 6.45) is 2.35. The van der Waals surface area contributed by atoms with Crippen LogP contribution in [0.4, 0.5) is 11.5 Å². The number of carbonyl (C=O) groups excluding carboxylic acids is 1. The van der Waals surface area contributed by atoms with Gasteiger partial charge in [-0.1, -0.05) is 49.4 Å². The standard InChI is InChI=1S/C24H21BrN4O3/c1-3-17(24(30)28-23-22(29(31)32)15(2)21(25)14-27-23)11-16-9-10-20(19(12-16)13-26)18-7-5-4-6-8-18/h4-10,12,14,17H,3,11H2,1-2H3,(H,27,28,30). The lowest BCUT2D eigenvalue weighted by Gasteiger charge is -2.16. The summed E-state index contributed by atoms with van der Waals surface area (Å²) >= 11 is 3.23. The minimum Gasteiger partial charge on any atom is -0.305 e. The predicted molar refractivity (Wildman–Crippen MR) is 126 cm³/mol. The number of aromatic nitrogens is 1. The van der Waals surface area contributed by atoms with Gasteiger partial charge in [0.05, 0.1) is 16.6 Å². The highest BCUT2D eigenvalue weighted by atomic mass is 79.9.